The van der Waals surface area contributed by atoms with Crippen LogP contribution in [0.2, 0.25) is 0 Å². The van der Waals surface area contributed by atoms with E-state index in [1.54, 1.807) is 7.11 Å². The minimum absolute atomic E-state index is 0.170. The summed E-state index contributed by atoms with van der Waals surface area (Å²) in [5.41, 5.74) is 3.03. The Morgan fingerprint density at radius 3 is 2.68 bits per heavy atom. The molecule has 5 nitrogen and oxygen atoms in total. The summed E-state index contributed by atoms with van der Waals surface area (Å²) in [4.78, 5) is 14.6. The van der Waals surface area contributed by atoms with Crippen molar-refractivity contribution in [3.63, 3.8) is 0 Å². The fraction of sp³-hybridized carbons (Fsp3) is 0.435. The highest BCUT2D eigenvalue weighted by Crippen LogP contribution is 2.16. The molecule has 1 aliphatic heterocycles. The zero-order valence-electron chi connectivity index (χ0n) is 16.7. The van der Waals surface area contributed by atoms with Gasteiger partial charge >= 0.3 is 0 Å². The van der Waals surface area contributed by atoms with E-state index in [4.69, 9.17) is 4.74 Å². The van der Waals surface area contributed by atoms with E-state index in [0.717, 1.165) is 74.6 Å². The van der Waals surface area contributed by atoms with Gasteiger partial charge in [0.15, 0.2) is 0 Å². The van der Waals surface area contributed by atoms with Gasteiger partial charge in [-0.1, -0.05) is 18.2 Å². The van der Waals surface area contributed by atoms with Crippen LogP contribution in [0, 0.1) is 0 Å². The number of hydrogen-bond acceptors (Lipinski definition) is 4. The van der Waals surface area contributed by atoms with Crippen molar-refractivity contribution in [1.82, 2.24) is 10.2 Å². The van der Waals surface area contributed by atoms with Gasteiger partial charge in [-0.05, 0) is 62.1 Å². The summed E-state index contributed by atoms with van der Waals surface area (Å²) in [5, 5.41) is 6.87. The molecule has 0 atom stereocenters. The van der Waals surface area contributed by atoms with Crippen molar-refractivity contribution in [3.8, 4) is 5.75 Å². The molecule has 28 heavy (non-hydrogen) atoms. The first kappa shape index (κ1) is 20.2. The maximum Gasteiger partial charge on any atom is 0.253 e. The molecule has 0 bridgehead atoms. The number of likely N-dealkylation sites (tertiary alicyclic amines) is 1. The summed E-state index contributed by atoms with van der Waals surface area (Å²) < 4.78 is 5.23. The van der Waals surface area contributed by atoms with Crippen LogP contribution in [0.3, 0.4) is 0 Å². The van der Waals surface area contributed by atoms with Crippen molar-refractivity contribution in [1.29, 1.82) is 0 Å². The summed E-state index contributed by atoms with van der Waals surface area (Å²) in [6.45, 7) is 4.37. The SMILES string of the molecule is COc1cccc(NCCCNCc2cccc(C(=O)N3CCCCC3)c2)c1. The van der Waals surface area contributed by atoms with Crippen LogP contribution in [0.1, 0.15) is 41.6 Å². The number of rotatable bonds is 9. The molecule has 2 aromatic carbocycles. The maximum absolute atomic E-state index is 12.6. The first-order chi connectivity index (χ1) is 13.8. The number of anilines is 1. The van der Waals surface area contributed by atoms with E-state index in [1.807, 2.05) is 47.4 Å². The number of methoxy groups -OCH3 is 1. The Morgan fingerprint density at radius 1 is 1.04 bits per heavy atom. The largest absolute Gasteiger partial charge is 0.497 e. The number of hydrogen-bond donors (Lipinski definition) is 2. The molecule has 0 aromatic heterocycles. The molecule has 0 spiro atoms. The number of ether oxygens (including phenoxy) is 1. The molecule has 1 amide bonds. The Labute approximate surface area is 168 Å². The molecule has 1 fully saturated rings. The number of piperidine rings is 1. The third kappa shape index (κ3) is 5.99. The van der Waals surface area contributed by atoms with Crippen LogP contribution in [0.4, 0.5) is 5.69 Å². The number of benzene rings is 2. The van der Waals surface area contributed by atoms with Crippen LogP contribution < -0.4 is 15.4 Å². The Hall–Kier alpha value is -2.53. The highest BCUT2D eigenvalue weighted by atomic mass is 16.5. The van der Waals surface area contributed by atoms with Gasteiger partial charge in [-0.3, -0.25) is 4.79 Å². The lowest BCUT2D eigenvalue weighted by molar-refractivity contribution is 0.0724. The Kier molecular flexibility index (Phi) is 7.73. The number of carbonyl (C=O) groups is 1. The molecule has 0 unspecified atom stereocenters. The van der Waals surface area contributed by atoms with E-state index in [0.29, 0.717) is 0 Å². The van der Waals surface area contributed by atoms with Gasteiger partial charge in [-0.2, -0.15) is 0 Å². The molecule has 0 radical (unpaired) electrons. The van der Waals surface area contributed by atoms with Crippen LogP contribution in [0.15, 0.2) is 48.5 Å². The van der Waals surface area contributed by atoms with Crippen molar-refractivity contribution in [3.05, 3.63) is 59.7 Å². The van der Waals surface area contributed by atoms with Crippen LogP contribution in [-0.2, 0) is 6.54 Å². The smallest absolute Gasteiger partial charge is 0.253 e. The first-order valence-electron chi connectivity index (χ1n) is 10.2. The quantitative estimate of drug-likeness (QED) is 0.647. The van der Waals surface area contributed by atoms with Crippen molar-refractivity contribution >= 4 is 11.6 Å². The zero-order valence-corrected chi connectivity index (χ0v) is 16.7. The van der Waals surface area contributed by atoms with Crippen LogP contribution >= 0.6 is 0 Å². The summed E-state index contributed by atoms with van der Waals surface area (Å²) >= 11 is 0. The van der Waals surface area contributed by atoms with E-state index in [9.17, 15) is 4.79 Å². The third-order valence-corrected chi connectivity index (χ3v) is 5.08. The standard InChI is InChI=1S/C23H31N3O2/c1-28-22-11-6-10-21(17-22)25-13-7-12-24-18-19-8-5-9-20(16-19)23(27)26-14-3-2-4-15-26/h5-6,8-11,16-17,24-25H,2-4,7,12-15,18H2,1H3. The minimum Gasteiger partial charge on any atom is -0.497 e. The highest BCUT2D eigenvalue weighted by Gasteiger charge is 2.18. The minimum atomic E-state index is 0.170. The molecular weight excluding hydrogens is 350 g/mol. The number of carbonyl (C=O) groups excluding carboxylic acids is 1. The van der Waals surface area contributed by atoms with Crippen LogP contribution in [-0.4, -0.2) is 44.1 Å². The van der Waals surface area contributed by atoms with Crippen molar-refractivity contribution in [2.75, 3.05) is 38.6 Å². The topological polar surface area (TPSA) is 53.6 Å². The zero-order chi connectivity index (χ0) is 19.6. The normalized spacial score (nSPS) is 14.0. The predicted molar refractivity (Wildman–Crippen MR) is 114 cm³/mol. The lowest BCUT2D eigenvalue weighted by atomic mass is 10.1. The summed E-state index contributed by atoms with van der Waals surface area (Å²) in [6.07, 6.45) is 4.50. The van der Waals surface area contributed by atoms with Gasteiger partial charge < -0.3 is 20.3 Å². The molecule has 0 aliphatic carbocycles. The molecule has 1 aliphatic rings. The average Bonchev–Trinajstić information content (AvgIpc) is 2.76. The molecule has 1 heterocycles. The van der Waals surface area contributed by atoms with Crippen molar-refractivity contribution in [2.45, 2.75) is 32.2 Å². The Morgan fingerprint density at radius 2 is 1.86 bits per heavy atom. The number of amides is 1. The monoisotopic (exact) mass is 381 g/mol. The van der Waals surface area contributed by atoms with E-state index in [1.165, 1.54) is 6.42 Å². The molecule has 2 aromatic rings. The molecular formula is C23H31N3O2. The fourth-order valence-electron chi connectivity index (χ4n) is 3.51. The molecule has 0 saturated carbocycles. The van der Waals surface area contributed by atoms with Crippen molar-refractivity contribution in [2.24, 2.45) is 0 Å². The second-order valence-corrected chi connectivity index (χ2v) is 7.24. The molecule has 3 rings (SSSR count). The number of nitrogens with one attached hydrogen (secondary N) is 2. The molecule has 2 N–H and O–H groups in total. The summed E-state index contributed by atoms with van der Waals surface area (Å²) in [5.74, 6) is 1.03. The van der Waals surface area contributed by atoms with Gasteiger partial charge in [0.05, 0.1) is 7.11 Å². The Bertz CT molecular complexity index is 757. The van der Waals surface area contributed by atoms with Crippen LogP contribution in [0.25, 0.3) is 0 Å². The van der Waals surface area contributed by atoms with E-state index in [-0.39, 0.29) is 5.91 Å². The molecule has 150 valence electrons. The Balaban J connectivity index is 1.38. The summed E-state index contributed by atoms with van der Waals surface area (Å²) in [6, 6.07) is 16.0. The second kappa shape index (κ2) is 10.7. The van der Waals surface area contributed by atoms with Gasteiger partial charge in [-0.25, -0.2) is 0 Å². The van der Waals surface area contributed by atoms with E-state index < -0.39 is 0 Å². The first-order valence-corrected chi connectivity index (χ1v) is 10.2. The van der Waals surface area contributed by atoms with Gasteiger partial charge in [0, 0.05) is 43.5 Å². The van der Waals surface area contributed by atoms with Gasteiger partial charge in [0.2, 0.25) is 0 Å². The lowest BCUT2D eigenvalue weighted by Gasteiger charge is -2.26. The van der Waals surface area contributed by atoms with Gasteiger partial charge in [0.1, 0.15) is 5.75 Å². The number of nitrogens with zero attached hydrogens (tertiary/aromatic N) is 1. The third-order valence-electron chi connectivity index (χ3n) is 5.08. The van der Waals surface area contributed by atoms with Gasteiger partial charge in [0.25, 0.3) is 5.91 Å². The van der Waals surface area contributed by atoms with E-state index in [2.05, 4.69) is 16.7 Å². The molecule has 1 saturated heterocycles. The lowest BCUT2D eigenvalue weighted by Crippen LogP contribution is -2.35. The maximum atomic E-state index is 12.6. The fourth-order valence-corrected chi connectivity index (χ4v) is 3.51. The van der Waals surface area contributed by atoms with Crippen LogP contribution in [0.5, 0.6) is 5.75 Å². The second-order valence-electron chi connectivity index (χ2n) is 7.24. The predicted octanol–water partition coefficient (Wildman–Crippen LogP) is 3.91. The highest BCUT2D eigenvalue weighted by molar-refractivity contribution is 5.94. The van der Waals surface area contributed by atoms with Gasteiger partial charge in [-0.15, -0.1) is 0 Å². The van der Waals surface area contributed by atoms with Crippen molar-refractivity contribution < 1.29 is 9.53 Å². The molecule has 5 heteroatoms. The van der Waals surface area contributed by atoms with E-state index >= 15 is 0 Å². The summed E-state index contributed by atoms with van der Waals surface area (Å²) in [7, 11) is 1.68. The average molecular weight is 382 g/mol.